The minimum atomic E-state index is 0.150. The molecule has 0 bridgehead atoms. The van der Waals surface area contributed by atoms with E-state index >= 15 is 0 Å². The number of carbonyl (C=O) groups excluding carboxylic acids is 1. The molecular weight excluding hydrogens is 252 g/mol. The second-order valence-electron chi connectivity index (χ2n) is 5.10. The molecule has 1 amide bonds. The van der Waals surface area contributed by atoms with Crippen LogP contribution in [-0.2, 0) is 4.79 Å². The van der Waals surface area contributed by atoms with Crippen LogP contribution in [0.1, 0.15) is 6.92 Å². The van der Waals surface area contributed by atoms with Gasteiger partial charge in [0.25, 0.3) is 0 Å². The van der Waals surface area contributed by atoms with Crippen LogP contribution in [0.3, 0.4) is 0 Å². The molecule has 20 heavy (non-hydrogen) atoms. The zero-order chi connectivity index (χ0) is 14.1. The average Bonchev–Trinajstić information content (AvgIpc) is 2.46. The molecule has 1 aliphatic rings. The van der Waals surface area contributed by atoms with Crippen molar-refractivity contribution >= 4 is 28.2 Å². The molecule has 1 fully saturated rings. The minimum absolute atomic E-state index is 0.150. The van der Waals surface area contributed by atoms with Gasteiger partial charge in [0.05, 0.1) is 5.52 Å². The summed E-state index contributed by atoms with van der Waals surface area (Å²) in [7, 11) is 0. The van der Waals surface area contributed by atoms with Crippen molar-refractivity contribution in [3.8, 4) is 0 Å². The highest BCUT2D eigenvalue weighted by atomic mass is 16.2. The highest BCUT2D eigenvalue weighted by molar-refractivity contribution is 5.93. The van der Waals surface area contributed by atoms with Gasteiger partial charge in [0.15, 0.2) is 0 Å². The van der Waals surface area contributed by atoms with E-state index in [0.717, 1.165) is 42.8 Å². The number of aromatic nitrogens is 1. The molecular formula is C15H18N4O. The number of amides is 1. The molecule has 2 N–H and O–H groups in total. The van der Waals surface area contributed by atoms with E-state index in [4.69, 9.17) is 5.73 Å². The monoisotopic (exact) mass is 270 g/mol. The SMILES string of the molecule is CC(=O)N1CCN(c2ccnc3cc(N)ccc23)CC1. The van der Waals surface area contributed by atoms with Crippen molar-refractivity contribution in [2.75, 3.05) is 36.8 Å². The largest absolute Gasteiger partial charge is 0.399 e. The van der Waals surface area contributed by atoms with Gasteiger partial charge in [0.1, 0.15) is 0 Å². The van der Waals surface area contributed by atoms with E-state index in [2.05, 4.69) is 9.88 Å². The number of anilines is 2. The van der Waals surface area contributed by atoms with Crippen molar-refractivity contribution in [3.05, 3.63) is 30.5 Å². The summed E-state index contributed by atoms with van der Waals surface area (Å²) in [5.41, 5.74) is 8.61. The Balaban J connectivity index is 1.90. The van der Waals surface area contributed by atoms with Crippen LogP contribution < -0.4 is 10.6 Å². The highest BCUT2D eigenvalue weighted by Crippen LogP contribution is 2.27. The van der Waals surface area contributed by atoms with Gasteiger partial charge in [-0.2, -0.15) is 0 Å². The number of hydrogen-bond donors (Lipinski definition) is 1. The molecule has 0 radical (unpaired) electrons. The average molecular weight is 270 g/mol. The zero-order valence-corrected chi connectivity index (χ0v) is 11.5. The van der Waals surface area contributed by atoms with Gasteiger partial charge in [0.2, 0.25) is 5.91 Å². The Bertz CT molecular complexity index is 647. The summed E-state index contributed by atoms with van der Waals surface area (Å²) in [6.45, 7) is 4.87. The predicted molar refractivity (Wildman–Crippen MR) is 80.6 cm³/mol. The Labute approximate surface area is 118 Å². The molecule has 1 aliphatic heterocycles. The van der Waals surface area contributed by atoms with Crippen LogP contribution in [-0.4, -0.2) is 42.0 Å². The van der Waals surface area contributed by atoms with E-state index in [-0.39, 0.29) is 5.91 Å². The summed E-state index contributed by atoms with van der Waals surface area (Å²) >= 11 is 0. The van der Waals surface area contributed by atoms with Crippen LogP contribution in [0, 0.1) is 0 Å². The molecule has 0 saturated carbocycles. The quantitative estimate of drug-likeness (QED) is 0.797. The van der Waals surface area contributed by atoms with Crippen LogP contribution in [0.15, 0.2) is 30.5 Å². The Morgan fingerprint density at radius 3 is 2.65 bits per heavy atom. The first-order chi connectivity index (χ1) is 9.65. The fourth-order valence-electron chi connectivity index (χ4n) is 2.69. The van der Waals surface area contributed by atoms with E-state index in [0.29, 0.717) is 0 Å². The Hall–Kier alpha value is -2.30. The molecule has 5 heteroatoms. The van der Waals surface area contributed by atoms with Crippen molar-refractivity contribution in [2.45, 2.75) is 6.92 Å². The number of piperazine rings is 1. The Kier molecular flexibility index (Phi) is 3.18. The molecule has 1 aromatic carbocycles. The number of nitrogens with two attached hydrogens (primary N) is 1. The normalized spacial score (nSPS) is 15.7. The van der Waals surface area contributed by atoms with Crippen molar-refractivity contribution in [2.24, 2.45) is 0 Å². The van der Waals surface area contributed by atoms with Gasteiger partial charge in [-0.15, -0.1) is 0 Å². The third-order valence-electron chi connectivity index (χ3n) is 3.81. The second kappa shape index (κ2) is 5.00. The third-order valence-corrected chi connectivity index (χ3v) is 3.81. The zero-order valence-electron chi connectivity index (χ0n) is 11.5. The number of rotatable bonds is 1. The number of benzene rings is 1. The van der Waals surface area contributed by atoms with Crippen molar-refractivity contribution in [3.63, 3.8) is 0 Å². The van der Waals surface area contributed by atoms with E-state index in [1.807, 2.05) is 35.4 Å². The lowest BCUT2D eigenvalue weighted by Crippen LogP contribution is -2.48. The summed E-state index contributed by atoms with van der Waals surface area (Å²) in [5.74, 6) is 0.150. The summed E-state index contributed by atoms with van der Waals surface area (Å²) in [4.78, 5) is 19.9. The maximum absolute atomic E-state index is 11.4. The van der Waals surface area contributed by atoms with Gasteiger partial charge in [-0.3, -0.25) is 9.78 Å². The van der Waals surface area contributed by atoms with Crippen molar-refractivity contribution in [1.29, 1.82) is 0 Å². The number of nitrogens with zero attached hydrogens (tertiary/aromatic N) is 3. The molecule has 1 saturated heterocycles. The molecule has 0 aliphatic carbocycles. The van der Waals surface area contributed by atoms with Crippen LogP contribution in [0.5, 0.6) is 0 Å². The Morgan fingerprint density at radius 2 is 1.95 bits per heavy atom. The lowest BCUT2D eigenvalue weighted by molar-refractivity contribution is -0.129. The highest BCUT2D eigenvalue weighted by Gasteiger charge is 2.20. The summed E-state index contributed by atoms with van der Waals surface area (Å²) < 4.78 is 0. The molecule has 2 aromatic rings. The van der Waals surface area contributed by atoms with E-state index in [1.165, 1.54) is 5.69 Å². The van der Waals surface area contributed by atoms with Crippen molar-refractivity contribution < 1.29 is 4.79 Å². The van der Waals surface area contributed by atoms with Crippen LogP contribution >= 0.6 is 0 Å². The molecule has 1 aromatic heterocycles. The summed E-state index contributed by atoms with van der Waals surface area (Å²) in [6.07, 6.45) is 1.81. The third kappa shape index (κ3) is 2.27. The minimum Gasteiger partial charge on any atom is -0.399 e. The lowest BCUT2D eigenvalue weighted by Gasteiger charge is -2.36. The number of fused-ring (bicyclic) bond motifs is 1. The van der Waals surface area contributed by atoms with Gasteiger partial charge in [-0.05, 0) is 24.3 Å². The number of nitrogen functional groups attached to an aromatic ring is 1. The Morgan fingerprint density at radius 1 is 1.20 bits per heavy atom. The summed E-state index contributed by atoms with van der Waals surface area (Å²) in [5, 5.41) is 1.11. The molecule has 3 rings (SSSR count). The first kappa shape index (κ1) is 12.7. The van der Waals surface area contributed by atoms with Gasteiger partial charge < -0.3 is 15.5 Å². The van der Waals surface area contributed by atoms with Crippen LogP contribution in [0.2, 0.25) is 0 Å². The molecule has 104 valence electrons. The van der Waals surface area contributed by atoms with Gasteiger partial charge in [-0.25, -0.2) is 0 Å². The fourth-order valence-corrected chi connectivity index (χ4v) is 2.69. The number of pyridine rings is 1. The van der Waals surface area contributed by atoms with E-state index < -0.39 is 0 Å². The standard InChI is InChI=1S/C15H18N4O/c1-11(20)18-6-8-19(9-7-18)15-4-5-17-14-10-12(16)2-3-13(14)15/h2-5,10H,6-9,16H2,1H3. The first-order valence-electron chi connectivity index (χ1n) is 6.80. The molecule has 5 nitrogen and oxygen atoms in total. The second-order valence-corrected chi connectivity index (χ2v) is 5.10. The van der Waals surface area contributed by atoms with Crippen LogP contribution in [0.4, 0.5) is 11.4 Å². The molecule has 0 unspecified atom stereocenters. The molecule has 0 atom stereocenters. The first-order valence-corrected chi connectivity index (χ1v) is 6.80. The van der Waals surface area contributed by atoms with Gasteiger partial charge in [0, 0.05) is 56.1 Å². The number of hydrogen-bond acceptors (Lipinski definition) is 4. The van der Waals surface area contributed by atoms with E-state index in [1.54, 1.807) is 6.92 Å². The maximum atomic E-state index is 11.4. The lowest BCUT2D eigenvalue weighted by atomic mass is 10.1. The fraction of sp³-hybridized carbons (Fsp3) is 0.333. The maximum Gasteiger partial charge on any atom is 0.219 e. The van der Waals surface area contributed by atoms with Crippen molar-refractivity contribution in [1.82, 2.24) is 9.88 Å². The smallest absolute Gasteiger partial charge is 0.219 e. The summed E-state index contributed by atoms with van der Waals surface area (Å²) in [6, 6.07) is 7.84. The molecule has 2 heterocycles. The van der Waals surface area contributed by atoms with Gasteiger partial charge >= 0.3 is 0 Å². The number of carbonyl (C=O) groups is 1. The van der Waals surface area contributed by atoms with Gasteiger partial charge in [-0.1, -0.05) is 0 Å². The predicted octanol–water partition coefficient (Wildman–Crippen LogP) is 1.49. The van der Waals surface area contributed by atoms with E-state index in [9.17, 15) is 4.79 Å². The van der Waals surface area contributed by atoms with Crippen LogP contribution in [0.25, 0.3) is 10.9 Å². The molecule has 0 spiro atoms. The topological polar surface area (TPSA) is 62.5 Å².